The van der Waals surface area contributed by atoms with Crippen LogP contribution in [0.5, 0.6) is 0 Å². The zero-order valence-electron chi connectivity index (χ0n) is 24.9. The van der Waals surface area contributed by atoms with Gasteiger partial charge in [0, 0.05) is 0 Å². The Morgan fingerprint density at radius 2 is 0.193 bits per heavy atom. The summed E-state index contributed by atoms with van der Waals surface area (Å²) in [6.07, 6.45) is 0. The van der Waals surface area contributed by atoms with Crippen LogP contribution in [0.1, 0.15) is 0 Å². The molecule has 0 unspecified atom stereocenters. The van der Waals surface area contributed by atoms with Crippen molar-refractivity contribution in [2.75, 3.05) is 0 Å². The summed E-state index contributed by atoms with van der Waals surface area (Å²) in [6.45, 7) is 0. The molecule has 30 N–H and O–H groups in total. The van der Waals surface area contributed by atoms with Gasteiger partial charge in [-0.15, -0.1) is 0 Å². The molecule has 0 amide bonds. The standard InChI is InChI=1S/3H4O7P2.6H3O4P/c3*1-8(2,3)7-9(4,5)6;6*1-5(2,3)4/h3*(H2,1,2,3)(H2,4,5,6);6*(H3,1,2,3,4). The van der Waals surface area contributed by atoms with E-state index in [1.807, 2.05) is 0 Å². The Balaban J connectivity index is -0.0000000659. The summed E-state index contributed by atoms with van der Waals surface area (Å²) >= 11 is 0. The van der Waals surface area contributed by atoms with Gasteiger partial charge in [-0.3, -0.25) is 0 Å². The van der Waals surface area contributed by atoms with Crippen LogP contribution in [0, 0.1) is 0 Å². The molecule has 0 aromatic rings. The first-order valence-electron chi connectivity index (χ1n) is 9.29. The van der Waals surface area contributed by atoms with Crippen molar-refractivity contribution >= 4 is 93.9 Å². The zero-order valence-corrected chi connectivity index (χ0v) is 35.6. The van der Waals surface area contributed by atoms with Crippen LogP contribution >= 0.6 is 93.9 Å². The van der Waals surface area contributed by atoms with Crippen LogP contribution in [0.25, 0.3) is 0 Å². The molecule has 0 saturated carbocycles. The lowest BCUT2D eigenvalue weighted by atomic mass is 15.7. The van der Waals surface area contributed by atoms with Crippen molar-refractivity contribution in [2.24, 2.45) is 0 Å². The molecule has 0 aliphatic carbocycles. The smallest absolute Gasteiger partial charge is 0.303 e. The fourth-order valence-corrected chi connectivity index (χ4v) is 3.74. The van der Waals surface area contributed by atoms with Crippen LogP contribution in [-0.2, 0) is 67.7 Å². The molecule has 0 aliphatic rings. The van der Waals surface area contributed by atoms with E-state index >= 15 is 0 Å². The van der Waals surface area contributed by atoms with Crippen LogP contribution in [0.2, 0.25) is 0 Å². The predicted molar refractivity (Wildman–Crippen MR) is 161 cm³/mol. The highest BCUT2D eigenvalue weighted by molar-refractivity contribution is 7.61. The Morgan fingerprint density at radius 1 is 0.158 bits per heavy atom. The van der Waals surface area contributed by atoms with Crippen molar-refractivity contribution in [3.63, 3.8) is 0 Å². The molecule has 0 atom stereocenters. The van der Waals surface area contributed by atoms with Gasteiger partial charge >= 0.3 is 93.9 Å². The Morgan fingerprint density at radius 3 is 0.193 bits per heavy atom. The molecule has 0 rings (SSSR count). The first kappa shape index (κ1) is 78.9. The normalized spacial score (nSPS) is 12.7. The number of phosphoric acid groups is 12. The van der Waals surface area contributed by atoms with Crippen molar-refractivity contribution in [2.45, 2.75) is 0 Å². The van der Waals surface area contributed by atoms with Gasteiger partial charge in [-0.25, -0.2) is 54.8 Å². The molecule has 57 heteroatoms. The van der Waals surface area contributed by atoms with Gasteiger partial charge in [0.1, 0.15) is 0 Å². The fourth-order valence-electron chi connectivity index (χ4n) is 0.416. The average Bonchev–Trinajstić information content (AvgIpc) is 2.49. The molecule has 0 heterocycles. The maximum atomic E-state index is 9.63. The van der Waals surface area contributed by atoms with Crippen molar-refractivity contribution in [3.8, 4) is 0 Å². The minimum atomic E-state index is -5.05. The largest absolute Gasteiger partial charge is 0.478 e. The Labute approximate surface area is 308 Å². The number of hydrogen-bond acceptors (Lipinski definition) is 15. The SMILES string of the molecule is O=P(O)(O)O.O=P(O)(O)O.O=P(O)(O)O.O=P(O)(O)O.O=P(O)(O)O.O=P(O)(O)O.O=P(O)(O)OP(=O)(O)O.O=P(O)(O)OP(=O)(O)O.O=P(O)(O)OP(=O)(O)O. The molecule has 45 nitrogen and oxygen atoms in total. The van der Waals surface area contributed by atoms with Crippen molar-refractivity contribution in [1.82, 2.24) is 0 Å². The van der Waals surface area contributed by atoms with E-state index in [0.29, 0.717) is 0 Å². The quantitative estimate of drug-likeness (QED) is 0.110. The number of rotatable bonds is 6. The van der Waals surface area contributed by atoms with Gasteiger partial charge in [-0.05, 0) is 0 Å². The summed E-state index contributed by atoms with van der Waals surface area (Å²) in [5, 5.41) is 0. The number of hydrogen-bond donors (Lipinski definition) is 30. The van der Waals surface area contributed by atoms with E-state index in [-0.39, 0.29) is 0 Å². The minimum absolute atomic E-state index is 2.96. The Kier molecular flexibility index (Phi) is 43.3. The van der Waals surface area contributed by atoms with Gasteiger partial charge in [0.25, 0.3) is 0 Å². The van der Waals surface area contributed by atoms with Crippen molar-refractivity contribution in [3.05, 3.63) is 0 Å². The summed E-state index contributed by atoms with van der Waals surface area (Å²) in [5.74, 6) is 0. The highest BCUT2D eigenvalue weighted by Crippen LogP contribution is 2.55. The maximum absolute atomic E-state index is 9.63. The highest BCUT2D eigenvalue weighted by Gasteiger charge is 2.29. The maximum Gasteiger partial charge on any atom is 0.478 e. The molecule has 0 saturated heterocycles. The summed E-state index contributed by atoms with van der Waals surface area (Å²) in [4.78, 5) is 222. The molecule has 0 aromatic heterocycles. The van der Waals surface area contributed by atoms with E-state index in [2.05, 4.69) is 12.9 Å². The zero-order chi connectivity index (χ0) is 50.1. The summed E-state index contributed by atoms with van der Waals surface area (Å²) in [5.41, 5.74) is 0. The third kappa shape index (κ3) is 467. The first-order valence-corrected chi connectivity index (χ1v) is 27.9. The highest BCUT2D eigenvalue weighted by atomic mass is 31.3. The van der Waals surface area contributed by atoms with E-state index in [9.17, 15) is 27.4 Å². The Hall–Kier alpha value is 1.44. The molecule has 0 aliphatic heterocycles. The second-order valence-corrected chi connectivity index (χ2v) is 20.3. The average molecular weight is 1120 g/mol. The molecule has 0 bridgehead atoms. The van der Waals surface area contributed by atoms with E-state index < -0.39 is 93.9 Å². The second-order valence-electron chi connectivity index (χ2n) is 6.27. The van der Waals surface area contributed by atoms with Crippen LogP contribution in [0.15, 0.2) is 0 Å². The molecular formula is H30O45P12. The molecule has 0 spiro atoms. The topological polar surface area (TPSA) is 839 Å². The van der Waals surface area contributed by atoms with Gasteiger partial charge < -0.3 is 147 Å². The predicted octanol–water partition coefficient (Wildman–Crippen LogP) is -8.01. The lowest BCUT2D eigenvalue weighted by molar-refractivity contribution is 0.221. The third-order valence-electron chi connectivity index (χ3n) is 0.638. The molecular weight excluding hydrogens is 1090 g/mol. The lowest BCUT2D eigenvalue weighted by Gasteiger charge is -2.03. The molecule has 0 radical (unpaired) electrons. The van der Waals surface area contributed by atoms with Crippen LogP contribution < -0.4 is 0 Å². The van der Waals surface area contributed by atoms with Gasteiger partial charge in [-0.1, -0.05) is 0 Å². The summed E-state index contributed by atoms with van der Waals surface area (Å²) in [7, 11) is -58.1. The van der Waals surface area contributed by atoms with Gasteiger partial charge in [-0.2, -0.15) is 12.9 Å². The van der Waals surface area contributed by atoms with E-state index in [0.717, 1.165) is 0 Å². The first-order chi connectivity index (χ1) is 23.1. The molecule has 360 valence electrons. The Bertz CT molecular complexity index is 1240. The van der Waals surface area contributed by atoms with Gasteiger partial charge in [0.2, 0.25) is 0 Å². The summed E-state index contributed by atoms with van der Waals surface area (Å²) in [6, 6.07) is 0. The fraction of sp³-hybridized carbons (Fsp3) is 0. The van der Waals surface area contributed by atoms with Crippen LogP contribution in [0.3, 0.4) is 0 Å². The molecule has 57 heavy (non-hydrogen) atoms. The monoisotopic (exact) mass is 1120 g/mol. The van der Waals surface area contributed by atoms with E-state index in [1.54, 1.807) is 0 Å². The van der Waals surface area contributed by atoms with Crippen molar-refractivity contribution < 1.29 is 215 Å². The minimum Gasteiger partial charge on any atom is -0.303 e. The van der Waals surface area contributed by atoms with Crippen LogP contribution in [-0.4, -0.2) is 147 Å². The third-order valence-corrected chi connectivity index (χ3v) is 5.74. The van der Waals surface area contributed by atoms with E-state index in [4.69, 9.17) is 174 Å². The van der Waals surface area contributed by atoms with Gasteiger partial charge in [0.15, 0.2) is 0 Å². The second kappa shape index (κ2) is 31.3. The van der Waals surface area contributed by atoms with E-state index in [1.165, 1.54) is 0 Å². The van der Waals surface area contributed by atoms with Crippen molar-refractivity contribution in [1.29, 1.82) is 0 Å². The lowest BCUT2D eigenvalue weighted by Crippen LogP contribution is -1.84. The summed E-state index contributed by atoms with van der Waals surface area (Å²) < 4.78 is 120. The van der Waals surface area contributed by atoms with Crippen LogP contribution in [0.4, 0.5) is 0 Å². The molecule has 0 fully saturated rings. The van der Waals surface area contributed by atoms with Gasteiger partial charge in [0.05, 0.1) is 0 Å². The molecule has 0 aromatic carbocycles.